The quantitative estimate of drug-likeness (QED) is 0.572. The van der Waals surface area contributed by atoms with E-state index in [2.05, 4.69) is 24.3 Å². The number of rotatable bonds is 10. The lowest BCUT2D eigenvalue weighted by Gasteiger charge is -2.57. The van der Waals surface area contributed by atoms with Gasteiger partial charge in [-0.15, -0.1) is 0 Å². The van der Waals surface area contributed by atoms with Gasteiger partial charge in [-0.05, 0) is 79.4 Å². The Labute approximate surface area is 168 Å². The van der Waals surface area contributed by atoms with E-state index in [1.54, 1.807) is 0 Å². The van der Waals surface area contributed by atoms with Crippen LogP contribution in [0.15, 0.2) is 24.3 Å². The van der Waals surface area contributed by atoms with E-state index in [1.807, 2.05) is 4.90 Å². The molecule has 4 fully saturated rings. The van der Waals surface area contributed by atoms with Crippen molar-refractivity contribution in [2.24, 2.45) is 17.8 Å². The summed E-state index contributed by atoms with van der Waals surface area (Å²) in [5.41, 5.74) is 1.89. The molecule has 0 heterocycles. The molecule has 5 heteroatoms. The molecule has 3 N–H and O–H groups in total. The van der Waals surface area contributed by atoms with Gasteiger partial charge in [0.25, 0.3) is 0 Å². The van der Waals surface area contributed by atoms with Gasteiger partial charge < -0.3 is 20.1 Å². The van der Waals surface area contributed by atoms with Crippen molar-refractivity contribution in [2.75, 3.05) is 39.5 Å². The van der Waals surface area contributed by atoms with Gasteiger partial charge in [0.15, 0.2) is 0 Å². The number of nitrogens with zero attached hydrogens (tertiary/aromatic N) is 1. The van der Waals surface area contributed by atoms with Gasteiger partial charge in [0.1, 0.15) is 18.5 Å². The topological polar surface area (TPSA) is 73.2 Å². The summed E-state index contributed by atoms with van der Waals surface area (Å²) in [5.74, 6) is 3.62. The molecule has 4 aliphatic rings. The predicted molar refractivity (Wildman–Crippen MR) is 108 cm³/mol. The van der Waals surface area contributed by atoms with Crippen molar-refractivity contribution in [1.82, 2.24) is 4.90 Å². The first kappa shape index (κ1) is 20.1. The van der Waals surface area contributed by atoms with Gasteiger partial charge in [-0.2, -0.15) is 0 Å². The van der Waals surface area contributed by atoms with E-state index >= 15 is 0 Å². The molecule has 5 nitrogen and oxygen atoms in total. The van der Waals surface area contributed by atoms with E-state index in [0.29, 0.717) is 25.0 Å². The molecule has 1 aromatic carbocycles. The molecule has 1 aromatic rings. The standard InChI is InChI=1S/C23H35NO4/c25-7-5-24(6-8-26)15-21(27)16-28-22-3-1-20(2-4-22)23-12-17-9-18(13-23)11-19(10-17)14-23/h1-4,17-19,21,25-27H,5-16H2/t17?,18?,19?,21-,23?/m0/s1. The lowest BCUT2D eigenvalue weighted by molar-refractivity contribution is -0.00522. The summed E-state index contributed by atoms with van der Waals surface area (Å²) in [6.45, 7) is 1.50. The summed E-state index contributed by atoms with van der Waals surface area (Å²) >= 11 is 0. The third-order valence-corrected chi connectivity index (χ3v) is 7.25. The van der Waals surface area contributed by atoms with Gasteiger partial charge in [-0.25, -0.2) is 0 Å². The zero-order chi connectivity index (χ0) is 19.6. The molecular formula is C23H35NO4. The van der Waals surface area contributed by atoms with E-state index in [1.165, 1.54) is 44.1 Å². The smallest absolute Gasteiger partial charge is 0.119 e. The van der Waals surface area contributed by atoms with Gasteiger partial charge in [-0.3, -0.25) is 4.90 Å². The van der Waals surface area contributed by atoms with E-state index in [-0.39, 0.29) is 19.8 Å². The fourth-order valence-corrected chi connectivity index (χ4v) is 6.49. The lowest BCUT2D eigenvalue weighted by Crippen LogP contribution is -2.48. The first-order valence-electron chi connectivity index (χ1n) is 11.0. The maximum absolute atomic E-state index is 10.2. The summed E-state index contributed by atoms with van der Waals surface area (Å²) < 4.78 is 5.80. The van der Waals surface area contributed by atoms with Crippen molar-refractivity contribution >= 4 is 0 Å². The molecular weight excluding hydrogens is 354 g/mol. The van der Waals surface area contributed by atoms with Crippen LogP contribution in [0, 0.1) is 17.8 Å². The minimum absolute atomic E-state index is 0.0133. The van der Waals surface area contributed by atoms with E-state index in [0.717, 1.165) is 23.5 Å². The third kappa shape index (κ3) is 4.38. The SMILES string of the molecule is OCCN(CCO)C[C@H](O)COc1ccc(C23CC4CC(CC(C4)C2)C3)cc1. The van der Waals surface area contributed by atoms with Crippen LogP contribution in [0.25, 0.3) is 0 Å². The second kappa shape index (κ2) is 8.70. The summed E-state index contributed by atoms with van der Waals surface area (Å²) in [7, 11) is 0. The van der Waals surface area contributed by atoms with Crippen molar-refractivity contribution < 1.29 is 20.1 Å². The number of hydrogen-bond donors (Lipinski definition) is 3. The zero-order valence-corrected chi connectivity index (χ0v) is 16.8. The zero-order valence-electron chi connectivity index (χ0n) is 16.8. The first-order valence-corrected chi connectivity index (χ1v) is 11.0. The summed E-state index contributed by atoms with van der Waals surface area (Å²) in [5, 5.41) is 28.3. The predicted octanol–water partition coefficient (Wildman–Crippen LogP) is 2.18. The monoisotopic (exact) mass is 389 g/mol. The molecule has 4 saturated carbocycles. The average molecular weight is 390 g/mol. The molecule has 0 amide bonds. The van der Waals surface area contributed by atoms with Crippen LogP contribution in [-0.2, 0) is 5.41 Å². The summed E-state index contributed by atoms with van der Waals surface area (Å²) in [4.78, 5) is 1.84. The molecule has 4 bridgehead atoms. The Kier molecular flexibility index (Phi) is 6.26. The number of aliphatic hydroxyl groups is 3. The minimum atomic E-state index is -0.652. The number of ether oxygens (including phenoxy) is 1. The van der Waals surface area contributed by atoms with Gasteiger partial charge >= 0.3 is 0 Å². The highest BCUT2D eigenvalue weighted by Crippen LogP contribution is 2.60. The van der Waals surface area contributed by atoms with Crippen LogP contribution in [0.1, 0.15) is 44.1 Å². The average Bonchev–Trinajstić information content (AvgIpc) is 2.66. The van der Waals surface area contributed by atoms with Crippen LogP contribution in [0.5, 0.6) is 5.75 Å². The Morgan fingerprint density at radius 1 is 0.929 bits per heavy atom. The van der Waals surface area contributed by atoms with Crippen LogP contribution in [0.4, 0.5) is 0 Å². The number of hydrogen-bond acceptors (Lipinski definition) is 5. The third-order valence-electron chi connectivity index (χ3n) is 7.25. The van der Waals surface area contributed by atoms with Crippen LogP contribution >= 0.6 is 0 Å². The van der Waals surface area contributed by atoms with Crippen molar-refractivity contribution in [3.8, 4) is 5.75 Å². The van der Waals surface area contributed by atoms with E-state index < -0.39 is 6.10 Å². The highest BCUT2D eigenvalue weighted by Gasteiger charge is 2.51. The number of benzene rings is 1. The molecule has 4 aliphatic carbocycles. The summed E-state index contributed by atoms with van der Waals surface area (Å²) in [6.07, 6.45) is 7.82. The van der Waals surface area contributed by atoms with Gasteiger partial charge in [0.2, 0.25) is 0 Å². The fraction of sp³-hybridized carbons (Fsp3) is 0.739. The maximum atomic E-state index is 10.2. The first-order chi connectivity index (χ1) is 13.6. The van der Waals surface area contributed by atoms with E-state index in [9.17, 15) is 5.11 Å². The fourth-order valence-electron chi connectivity index (χ4n) is 6.49. The second-order valence-electron chi connectivity index (χ2n) is 9.43. The van der Waals surface area contributed by atoms with Crippen molar-refractivity contribution in [3.05, 3.63) is 29.8 Å². The molecule has 0 aliphatic heterocycles. The van der Waals surface area contributed by atoms with Crippen LogP contribution < -0.4 is 4.74 Å². The number of aliphatic hydroxyl groups excluding tert-OH is 3. The van der Waals surface area contributed by atoms with Gasteiger partial charge in [0, 0.05) is 19.6 Å². The minimum Gasteiger partial charge on any atom is -0.491 e. The van der Waals surface area contributed by atoms with Crippen molar-refractivity contribution in [1.29, 1.82) is 0 Å². The normalized spacial score (nSPS) is 32.1. The highest BCUT2D eigenvalue weighted by molar-refractivity contribution is 5.34. The largest absolute Gasteiger partial charge is 0.491 e. The maximum Gasteiger partial charge on any atom is 0.119 e. The van der Waals surface area contributed by atoms with Gasteiger partial charge in [-0.1, -0.05) is 12.1 Å². The molecule has 0 unspecified atom stereocenters. The molecule has 0 saturated heterocycles. The van der Waals surface area contributed by atoms with Crippen LogP contribution in [-0.4, -0.2) is 65.8 Å². The Bertz CT molecular complexity index is 591. The molecule has 1 atom stereocenters. The van der Waals surface area contributed by atoms with E-state index in [4.69, 9.17) is 14.9 Å². The Hall–Kier alpha value is -1.14. The molecule has 5 rings (SSSR count). The summed E-state index contributed by atoms with van der Waals surface area (Å²) in [6, 6.07) is 8.61. The Morgan fingerprint density at radius 3 is 1.96 bits per heavy atom. The molecule has 0 aromatic heterocycles. The molecule has 0 radical (unpaired) electrons. The Morgan fingerprint density at radius 2 is 1.46 bits per heavy atom. The van der Waals surface area contributed by atoms with Crippen LogP contribution in [0.3, 0.4) is 0 Å². The van der Waals surface area contributed by atoms with Crippen molar-refractivity contribution in [2.45, 2.75) is 50.0 Å². The molecule has 156 valence electrons. The Balaban J connectivity index is 1.31. The molecule has 0 spiro atoms. The lowest BCUT2D eigenvalue weighted by atomic mass is 9.48. The highest BCUT2D eigenvalue weighted by atomic mass is 16.5. The second-order valence-corrected chi connectivity index (χ2v) is 9.43. The van der Waals surface area contributed by atoms with Crippen LogP contribution in [0.2, 0.25) is 0 Å². The molecule has 28 heavy (non-hydrogen) atoms. The van der Waals surface area contributed by atoms with Gasteiger partial charge in [0.05, 0.1) is 13.2 Å². The van der Waals surface area contributed by atoms with Crippen molar-refractivity contribution in [3.63, 3.8) is 0 Å².